The van der Waals surface area contributed by atoms with Crippen LogP contribution in [0, 0.1) is 17.7 Å². The molecule has 1 heterocycles. The molecule has 2 fully saturated rings. The minimum absolute atomic E-state index is 0.00269. The third kappa shape index (κ3) is 4.97. The lowest BCUT2D eigenvalue weighted by atomic mass is 9.70. The topological polar surface area (TPSA) is 48.7 Å². The van der Waals surface area contributed by atoms with Gasteiger partial charge in [-0.3, -0.25) is 0 Å². The molecule has 1 aromatic carbocycles. The van der Waals surface area contributed by atoms with Crippen LogP contribution in [0.1, 0.15) is 83.3 Å². The molecular formula is C26H35FO4. The zero-order valence-electron chi connectivity index (χ0n) is 18.8. The van der Waals surface area contributed by atoms with E-state index < -0.39 is 11.4 Å². The summed E-state index contributed by atoms with van der Waals surface area (Å²) in [5, 5.41) is 0.598. The third-order valence-corrected chi connectivity index (χ3v) is 7.27. The summed E-state index contributed by atoms with van der Waals surface area (Å²) in [7, 11) is 0. The van der Waals surface area contributed by atoms with Gasteiger partial charge in [0.2, 0.25) is 0 Å². The lowest BCUT2D eigenvalue weighted by Crippen LogP contribution is -2.28. The molecule has 0 radical (unpaired) electrons. The molecule has 0 unspecified atom stereocenters. The van der Waals surface area contributed by atoms with E-state index in [4.69, 9.17) is 13.9 Å². The lowest BCUT2D eigenvalue weighted by Gasteiger charge is -2.37. The fraction of sp³-hybridized carbons (Fsp3) is 0.654. The predicted octanol–water partition coefficient (Wildman–Crippen LogP) is 6.59. The average Bonchev–Trinajstić information content (AvgIpc) is 2.79. The predicted molar refractivity (Wildman–Crippen MR) is 120 cm³/mol. The number of benzene rings is 1. The standard InChI is InChI=1S/C26H35FO4/c1-3-15-30-22-14-11-20-16-23(31-26(28)24(20)25(22)27)19-7-5-17(6-8-19)18-9-12-21(13-10-18)29-4-2/h11,14,16-19,21H,3-10,12-13,15H2,1-2H3. The first-order valence-electron chi connectivity index (χ1n) is 12.1. The summed E-state index contributed by atoms with van der Waals surface area (Å²) in [5.74, 6) is 2.02. The molecule has 0 N–H and O–H groups in total. The van der Waals surface area contributed by atoms with E-state index in [1.165, 1.54) is 38.5 Å². The molecular weight excluding hydrogens is 395 g/mol. The Kier molecular flexibility index (Phi) is 7.31. The second-order valence-electron chi connectivity index (χ2n) is 9.23. The summed E-state index contributed by atoms with van der Waals surface area (Å²) in [4.78, 5) is 12.6. The molecule has 0 amide bonds. The highest BCUT2D eigenvalue weighted by molar-refractivity contribution is 5.83. The van der Waals surface area contributed by atoms with Crippen LogP contribution in [-0.2, 0) is 4.74 Å². The van der Waals surface area contributed by atoms with Gasteiger partial charge in [-0.2, -0.15) is 0 Å². The first-order chi connectivity index (χ1) is 15.1. The van der Waals surface area contributed by atoms with Crippen molar-refractivity contribution in [1.82, 2.24) is 0 Å². The molecule has 0 aliphatic heterocycles. The van der Waals surface area contributed by atoms with Crippen molar-refractivity contribution in [3.63, 3.8) is 0 Å². The first-order valence-corrected chi connectivity index (χ1v) is 12.1. The first kappa shape index (κ1) is 22.3. The Morgan fingerprint density at radius 3 is 2.32 bits per heavy atom. The summed E-state index contributed by atoms with van der Waals surface area (Å²) >= 11 is 0. The summed E-state index contributed by atoms with van der Waals surface area (Å²) in [6.07, 6.45) is 10.6. The highest BCUT2D eigenvalue weighted by Gasteiger charge is 2.32. The van der Waals surface area contributed by atoms with E-state index >= 15 is 0 Å². The van der Waals surface area contributed by atoms with Crippen molar-refractivity contribution >= 4 is 10.8 Å². The van der Waals surface area contributed by atoms with Crippen LogP contribution in [-0.4, -0.2) is 19.3 Å². The molecule has 2 aromatic rings. The zero-order valence-corrected chi connectivity index (χ0v) is 18.8. The van der Waals surface area contributed by atoms with Crippen LogP contribution in [0.15, 0.2) is 27.4 Å². The Labute approximate surface area is 184 Å². The molecule has 2 aliphatic carbocycles. The molecule has 4 nitrogen and oxygen atoms in total. The molecule has 0 atom stereocenters. The van der Waals surface area contributed by atoms with Crippen molar-refractivity contribution in [1.29, 1.82) is 0 Å². The third-order valence-electron chi connectivity index (χ3n) is 7.27. The van der Waals surface area contributed by atoms with Gasteiger partial charge in [-0.15, -0.1) is 0 Å². The van der Waals surface area contributed by atoms with Gasteiger partial charge in [-0.1, -0.05) is 13.0 Å². The average molecular weight is 431 g/mol. The highest BCUT2D eigenvalue weighted by atomic mass is 19.1. The van der Waals surface area contributed by atoms with Crippen molar-refractivity contribution in [3.05, 3.63) is 40.2 Å². The number of hydrogen-bond donors (Lipinski definition) is 0. The van der Waals surface area contributed by atoms with Gasteiger partial charge in [0, 0.05) is 12.5 Å². The highest BCUT2D eigenvalue weighted by Crippen LogP contribution is 2.43. The molecule has 1 aromatic heterocycles. The number of fused-ring (bicyclic) bond motifs is 1. The summed E-state index contributed by atoms with van der Waals surface area (Å²) in [6.45, 7) is 5.27. The van der Waals surface area contributed by atoms with Gasteiger partial charge in [-0.25, -0.2) is 9.18 Å². The SMILES string of the molecule is CCCOc1ccc2cc(C3CCC(C4CCC(OCC)CC4)CC3)oc(=O)c2c1F. The van der Waals surface area contributed by atoms with E-state index in [-0.39, 0.29) is 17.1 Å². The van der Waals surface area contributed by atoms with Crippen LogP contribution >= 0.6 is 0 Å². The van der Waals surface area contributed by atoms with Crippen molar-refractivity contribution < 1.29 is 18.3 Å². The number of hydrogen-bond acceptors (Lipinski definition) is 4. The molecule has 0 saturated heterocycles. The smallest absolute Gasteiger partial charge is 0.346 e. The van der Waals surface area contributed by atoms with Crippen molar-refractivity contribution in [2.24, 2.45) is 11.8 Å². The Morgan fingerprint density at radius 1 is 1.00 bits per heavy atom. The van der Waals surface area contributed by atoms with Gasteiger partial charge >= 0.3 is 5.63 Å². The lowest BCUT2D eigenvalue weighted by molar-refractivity contribution is 0.0144. The quantitative estimate of drug-likeness (QED) is 0.497. The Bertz CT molecular complexity index is 921. The molecule has 31 heavy (non-hydrogen) atoms. The van der Waals surface area contributed by atoms with Gasteiger partial charge in [0.25, 0.3) is 0 Å². The fourth-order valence-electron chi connectivity index (χ4n) is 5.60. The van der Waals surface area contributed by atoms with Gasteiger partial charge in [0.05, 0.1) is 12.7 Å². The van der Waals surface area contributed by atoms with Crippen LogP contribution in [0.4, 0.5) is 4.39 Å². The maximum Gasteiger partial charge on any atom is 0.346 e. The van der Waals surface area contributed by atoms with Crippen LogP contribution < -0.4 is 10.4 Å². The molecule has 0 bridgehead atoms. The fourth-order valence-corrected chi connectivity index (χ4v) is 5.60. The summed E-state index contributed by atoms with van der Waals surface area (Å²) in [5.41, 5.74) is -0.594. The monoisotopic (exact) mass is 430 g/mol. The Hall–Kier alpha value is -1.88. The van der Waals surface area contributed by atoms with E-state index in [1.807, 2.05) is 13.0 Å². The maximum absolute atomic E-state index is 14.8. The Morgan fingerprint density at radius 2 is 1.68 bits per heavy atom. The second-order valence-corrected chi connectivity index (χ2v) is 9.23. The largest absolute Gasteiger partial charge is 0.491 e. The van der Waals surface area contributed by atoms with E-state index in [2.05, 4.69) is 6.92 Å². The molecule has 2 aliphatic rings. The zero-order chi connectivity index (χ0) is 21.8. The van der Waals surface area contributed by atoms with E-state index in [0.717, 1.165) is 37.7 Å². The molecule has 170 valence electrons. The summed E-state index contributed by atoms with van der Waals surface area (Å²) < 4.78 is 31.6. The second kappa shape index (κ2) is 10.2. The minimum atomic E-state index is -0.613. The van der Waals surface area contributed by atoms with Crippen LogP contribution in [0.3, 0.4) is 0 Å². The Balaban J connectivity index is 1.42. The van der Waals surface area contributed by atoms with Gasteiger partial charge in [0.15, 0.2) is 11.6 Å². The van der Waals surface area contributed by atoms with Crippen molar-refractivity contribution in [3.8, 4) is 5.75 Å². The normalized spacial score (nSPS) is 26.8. The number of rotatable bonds is 7. The van der Waals surface area contributed by atoms with E-state index in [9.17, 15) is 9.18 Å². The molecule has 0 spiro atoms. The van der Waals surface area contributed by atoms with Crippen molar-refractivity contribution in [2.75, 3.05) is 13.2 Å². The number of halogens is 1. The summed E-state index contributed by atoms with van der Waals surface area (Å²) in [6, 6.07) is 5.25. The minimum Gasteiger partial charge on any atom is -0.491 e. The van der Waals surface area contributed by atoms with E-state index in [1.54, 1.807) is 12.1 Å². The van der Waals surface area contributed by atoms with Gasteiger partial charge in [-0.05, 0) is 94.1 Å². The maximum atomic E-state index is 14.8. The number of ether oxygens (including phenoxy) is 2. The van der Waals surface area contributed by atoms with Gasteiger partial charge in [0.1, 0.15) is 11.1 Å². The van der Waals surface area contributed by atoms with Crippen molar-refractivity contribution in [2.45, 2.75) is 83.7 Å². The molecule has 5 heteroatoms. The van der Waals surface area contributed by atoms with E-state index in [0.29, 0.717) is 23.9 Å². The van der Waals surface area contributed by atoms with Crippen LogP contribution in [0.2, 0.25) is 0 Å². The molecule has 4 rings (SSSR count). The van der Waals surface area contributed by atoms with Gasteiger partial charge < -0.3 is 13.9 Å². The van der Waals surface area contributed by atoms with Crippen LogP contribution in [0.25, 0.3) is 10.8 Å². The van der Waals surface area contributed by atoms with Crippen LogP contribution in [0.5, 0.6) is 5.75 Å². The molecule has 2 saturated carbocycles.